The number of amides is 1. The second kappa shape index (κ2) is 9.80. The largest absolute Gasteiger partial charge is 0.456 e. The Morgan fingerprint density at radius 1 is 1.37 bits per heavy atom. The van der Waals surface area contributed by atoms with Gasteiger partial charge in [-0.05, 0) is 30.9 Å². The lowest BCUT2D eigenvalue weighted by molar-refractivity contribution is 0.0214. The molecule has 1 aliphatic rings. The van der Waals surface area contributed by atoms with Crippen LogP contribution >= 0.6 is 11.3 Å². The molecule has 1 heterocycles. The Hall–Kier alpha value is -2.10. The summed E-state index contributed by atoms with van der Waals surface area (Å²) in [6.45, 7) is 0.785. The summed E-state index contributed by atoms with van der Waals surface area (Å²) in [5, 5.41) is 4.36. The molecule has 3 rings (SSSR count). The number of methoxy groups -OCH3 is 1. The number of thiophene rings is 1. The molecule has 0 aliphatic heterocycles. The fraction of sp³-hybridized carbons (Fsp3) is 0.381. The monoisotopic (exact) mass is 455 g/mol. The average molecular weight is 456 g/mol. The number of hydrogen-bond acceptors (Lipinski definition) is 5. The Labute approximate surface area is 180 Å². The van der Waals surface area contributed by atoms with E-state index >= 15 is 0 Å². The van der Waals surface area contributed by atoms with E-state index in [1.165, 1.54) is 18.6 Å². The quantitative estimate of drug-likeness (QED) is 0.546. The third kappa shape index (κ3) is 6.20. The summed E-state index contributed by atoms with van der Waals surface area (Å²) >= 11 is 0.709. The number of carbonyl (C=O) groups excluding carboxylic acids is 1. The van der Waals surface area contributed by atoms with E-state index in [2.05, 4.69) is 5.32 Å². The van der Waals surface area contributed by atoms with Crippen molar-refractivity contribution in [3.05, 3.63) is 57.6 Å². The summed E-state index contributed by atoms with van der Waals surface area (Å²) in [6, 6.07) is 9.56. The number of ether oxygens (including phenoxy) is 2. The minimum absolute atomic E-state index is 0.0662. The van der Waals surface area contributed by atoms with Crippen molar-refractivity contribution in [3.63, 3.8) is 0 Å². The third-order valence-electron chi connectivity index (χ3n) is 4.41. The fourth-order valence-electron chi connectivity index (χ4n) is 2.76. The van der Waals surface area contributed by atoms with Gasteiger partial charge in [-0.25, -0.2) is 8.78 Å². The van der Waals surface area contributed by atoms with Gasteiger partial charge in [-0.15, -0.1) is 11.3 Å². The smallest absolute Gasteiger partial charge is 0.279 e. The van der Waals surface area contributed by atoms with E-state index in [0.29, 0.717) is 17.1 Å². The topological polar surface area (TPSA) is 64.6 Å². The zero-order valence-electron chi connectivity index (χ0n) is 16.6. The molecule has 0 bridgehead atoms. The summed E-state index contributed by atoms with van der Waals surface area (Å²) in [6.07, 6.45) is 3.55. The predicted molar refractivity (Wildman–Crippen MR) is 114 cm³/mol. The second-order valence-electron chi connectivity index (χ2n) is 7.06. The van der Waals surface area contributed by atoms with Gasteiger partial charge >= 0.3 is 0 Å². The van der Waals surface area contributed by atoms with E-state index in [-0.39, 0.29) is 33.4 Å². The molecular formula is C21H23F2NO4S2. The average Bonchev–Trinajstić information content (AvgIpc) is 3.45. The molecule has 9 heteroatoms. The first-order valence-electron chi connectivity index (χ1n) is 9.38. The molecule has 0 radical (unpaired) electrons. The van der Waals surface area contributed by atoms with Crippen LogP contribution < -0.4 is 10.1 Å². The summed E-state index contributed by atoms with van der Waals surface area (Å²) in [7, 11) is 0.154. The molecule has 2 aromatic rings. The lowest BCUT2D eigenvalue weighted by Crippen LogP contribution is -2.34. The summed E-state index contributed by atoms with van der Waals surface area (Å²) in [4.78, 5) is 12.8. The van der Waals surface area contributed by atoms with Gasteiger partial charge in [0.15, 0.2) is 5.75 Å². The normalized spacial score (nSPS) is 16.4. The summed E-state index contributed by atoms with van der Waals surface area (Å²) in [5.74, 6) is -2.76. The maximum Gasteiger partial charge on any atom is 0.279 e. The molecule has 1 N–H and O–H groups in total. The van der Waals surface area contributed by atoms with Gasteiger partial charge in [0, 0.05) is 25.5 Å². The SMILES string of the molecule is COCS(=O)/C=C/C(NC(=O)c1sc(C(C)(F)F)cc1Oc1ccccc1)C1CC1. The maximum absolute atomic E-state index is 13.9. The van der Waals surface area contributed by atoms with Crippen LogP contribution in [-0.2, 0) is 21.5 Å². The highest BCUT2D eigenvalue weighted by Gasteiger charge is 2.34. The lowest BCUT2D eigenvalue weighted by atomic mass is 10.2. The summed E-state index contributed by atoms with van der Waals surface area (Å²) < 4.78 is 50.2. The van der Waals surface area contributed by atoms with E-state index in [0.717, 1.165) is 19.8 Å². The predicted octanol–water partition coefficient (Wildman–Crippen LogP) is 5.03. The van der Waals surface area contributed by atoms with Crippen LogP contribution in [0, 0.1) is 5.92 Å². The standard InChI is InChI=1S/C21H23F2NO4S2/c1-21(22,23)18-12-17(28-15-6-4-3-5-7-15)19(29-18)20(25)24-16(14-8-9-14)10-11-30(26)13-27-2/h3-7,10-12,14,16H,8-9,13H2,1-2H3,(H,24,25)/b11-10+. The molecule has 0 spiro atoms. The highest BCUT2D eigenvalue weighted by Crippen LogP contribution is 2.41. The number of carbonyl (C=O) groups is 1. The Bertz CT molecular complexity index is 921. The summed E-state index contributed by atoms with van der Waals surface area (Å²) in [5.41, 5.74) is 0. The first-order valence-corrected chi connectivity index (χ1v) is 11.6. The molecule has 2 atom stereocenters. The molecule has 5 nitrogen and oxygen atoms in total. The van der Waals surface area contributed by atoms with Gasteiger partial charge in [-0.3, -0.25) is 9.00 Å². The van der Waals surface area contributed by atoms with E-state index in [1.54, 1.807) is 36.4 Å². The Balaban J connectivity index is 1.82. The Kier molecular flexibility index (Phi) is 7.38. The van der Waals surface area contributed by atoms with Gasteiger partial charge < -0.3 is 14.8 Å². The van der Waals surface area contributed by atoms with Gasteiger partial charge in [0.25, 0.3) is 11.8 Å². The number of nitrogens with one attached hydrogen (secondary N) is 1. The molecule has 2 unspecified atom stereocenters. The fourth-order valence-corrected chi connectivity index (χ4v) is 4.34. The van der Waals surface area contributed by atoms with E-state index < -0.39 is 22.6 Å². The molecule has 1 aliphatic carbocycles. The van der Waals surface area contributed by atoms with Crippen molar-refractivity contribution >= 4 is 28.0 Å². The van der Waals surface area contributed by atoms with Crippen LogP contribution in [0.4, 0.5) is 8.78 Å². The molecular weight excluding hydrogens is 432 g/mol. The van der Waals surface area contributed by atoms with Gasteiger partial charge in [-0.2, -0.15) is 0 Å². The van der Waals surface area contributed by atoms with E-state index in [4.69, 9.17) is 9.47 Å². The maximum atomic E-state index is 13.9. The third-order valence-corrected chi connectivity index (χ3v) is 6.62. The van der Waals surface area contributed by atoms with Crippen LogP contribution in [-0.4, -0.2) is 29.2 Å². The van der Waals surface area contributed by atoms with Crippen molar-refractivity contribution in [1.82, 2.24) is 5.32 Å². The molecule has 1 saturated carbocycles. The van der Waals surface area contributed by atoms with Crippen molar-refractivity contribution < 1.29 is 27.3 Å². The molecule has 30 heavy (non-hydrogen) atoms. The van der Waals surface area contributed by atoms with Crippen molar-refractivity contribution in [2.75, 3.05) is 13.0 Å². The number of para-hydroxylation sites is 1. The van der Waals surface area contributed by atoms with E-state index in [1.807, 2.05) is 0 Å². The molecule has 0 saturated heterocycles. The number of hydrogen-bond donors (Lipinski definition) is 1. The molecule has 162 valence electrons. The Morgan fingerprint density at radius 3 is 2.67 bits per heavy atom. The van der Waals surface area contributed by atoms with Crippen LogP contribution in [0.15, 0.2) is 47.9 Å². The van der Waals surface area contributed by atoms with Gasteiger partial charge in [0.05, 0.1) is 21.7 Å². The van der Waals surface area contributed by atoms with Gasteiger partial charge in [0.1, 0.15) is 16.6 Å². The van der Waals surface area contributed by atoms with Crippen molar-refractivity contribution in [2.24, 2.45) is 5.92 Å². The first-order chi connectivity index (χ1) is 14.3. The molecule has 1 aromatic heterocycles. The van der Waals surface area contributed by atoms with Crippen LogP contribution in [0.5, 0.6) is 11.5 Å². The van der Waals surface area contributed by atoms with E-state index in [9.17, 15) is 17.8 Å². The zero-order chi connectivity index (χ0) is 21.7. The zero-order valence-corrected chi connectivity index (χ0v) is 18.2. The van der Waals surface area contributed by atoms with Crippen LogP contribution in [0.2, 0.25) is 0 Å². The van der Waals surface area contributed by atoms with Crippen LogP contribution in [0.3, 0.4) is 0 Å². The Morgan fingerprint density at radius 2 is 2.07 bits per heavy atom. The molecule has 1 fully saturated rings. The minimum atomic E-state index is -3.09. The van der Waals surface area contributed by atoms with Crippen molar-refractivity contribution in [3.8, 4) is 11.5 Å². The highest BCUT2D eigenvalue weighted by atomic mass is 32.2. The van der Waals surface area contributed by atoms with Crippen molar-refractivity contribution in [2.45, 2.75) is 31.7 Å². The second-order valence-corrected chi connectivity index (χ2v) is 9.38. The number of alkyl halides is 2. The number of benzene rings is 1. The van der Waals surface area contributed by atoms with Gasteiger partial charge in [0.2, 0.25) is 0 Å². The number of halogens is 2. The van der Waals surface area contributed by atoms with Gasteiger partial charge in [-0.1, -0.05) is 24.3 Å². The minimum Gasteiger partial charge on any atom is -0.456 e. The van der Waals surface area contributed by atoms with Crippen LogP contribution in [0.1, 0.15) is 34.3 Å². The lowest BCUT2D eigenvalue weighted by Gasteiger charge is -2.14. The van der Waals surface area contributed by atoms with Crippen molar-refractivity contribution in [1.29, 1.82) is 0 Å². The molecule has 1 amide bonds. The number of rotatable bonds is 10. The highest BCUT2D eigenvalue weighted by molar-refractivity contribution is 7.87. The molecule has 1 aromatic carbocycles. The first kappa shape index (κ1) is 22.6. The van der Waals surface area contributed by atoms with Crippen LogP contribution in [0.25, 0.3) is 0 Å².